The third-order valence-electron chi connectivity index (χ3n) is 4.54. The van der Waals surface area contributed by atoms with Crippen LogP contribution >= 0.6 is 0 Å². The summed E-state index contributed by atoms with van der Waals surface area (Å²) in [5.41, 5.74) is 3.69. The Morgan fingerprint density at radius 2 is 1.73 bits per heavy atom. The molecular formula is C23H33NO2. The van der Waals surface area contributed by atoms with Gasteiger partial charge in [-0.05, 0) is 68.4 Å². The van der Waals surface area contributed by atoms with Crippen LogP contribution in [0.15, 0.2) is 42.5 Å². The van der Waals surface area contributed by atoms with Crippen molar-refractivity contribution in [1.82, 2.24) is 0 Å². The first-order valence-corrected chi connectivity index (χ1v) is 9.57. The molecule has 0 aliphatic carbocycles. The van der Waals surface area contributed by atoms with Crippen LogP contribution in [0.1, 0.15) is 44.7 Å². The highest BCUT2D eigenvalue weighted by molar-refractivity contribution is 5.56. The second kappa shape index (κ2) is 9.51. The minimum atomic E-state index is 0.185. The minimum absolute atomic E-state index is 0.185. The summed E-state index contributed by atoms with van der Waals surface area (Å²) < 4.78 is 11.7. The Balaban J connectivity index is 1.79. The van der Waals surface area contributed by atoms with Crippen LogP contribution in [0.4, 0.5) is 5.69 Å². The first kappa shape index (κ1) is 20.2. The van der Waals surface area contributed by atoms with Crippen molar-refractivity contribution in [3.05, 3.63) is 53.6 Å². The first-order valence-electron chi connectivity index (χ1n) is 9.57. The van der Waals surface area contributed by atoms with Crippen LogP contribution in [-0.2, 0) is 0 Å². The molecule has 0 heterocycles. The van der Waals surface area contributed by atoms with Crippen LogP contribution in [0.5, 0.6) is 11.5 Å². The minimum Gasteiger partial charge on any atom is -0.493 e. The fourth-order valence-electron chi connectivity index (χ4n) is 2.91. The number of para-hydroxylation sites is 2. The molecule has 0 aliphatic heterocycles. The molecule has 2 rings (SSSR count). The van der Waals surface area contributed by atoms with Gasteiger partial charge in [0.25, 0.3) is 0 Å². The van der Waals surface area contributed by atoms with E-state index in [1.54, 1.807) is 0 Å². The van der Waals surface area contributed by atoms with Crippen molar-refractivity contribution >= 4 is 5.69 Å². The summed E-state index contributed by atoms with van der Waals surface area (Å²) in [4.78, 5) is 0. The highest BCUT2D eigenvalue weighted by Crippen LogP contribution is 2.28. The SMILES string of the molecule is CCOc1ccccc1NCC(C)(C)CCCOc1cc(C)ccc1C. The van der Waals surface area contributed by atoms with E-state index in [0.717, 1.165) is 43.2 Å². The summed E-state index contributed by atoms with van der Waals surface area (Å²) in [6, 6.07) is 14.5. The highest BCUT2D eigenvalue weighted by atomic mass is 16.5. The van der Waals surface area contributed by atoms with Gasteiger partial charge < -0.3 is 14.8 Å². The molecule has 26 heavy (non-hydrogen) atoms. The topological polar surface area (TPSA) is 30.5 Å². The third kappa shape index (κ3) is 6.29. The van der Waals surface area contributed by atoms with E-state index in [0.29, 0.717) is 6.61 Å². The van der Waals surface area contributed by atoms with Crippen LogP contribution in [0.3, 0.4) is 0 Å². The number of rotatable bonds is 10. The van der Waals surface area contributed by atoms with Crippen molar-refractivity contribution in [3.63, 3.8) is 0 Å². The summed E-state index contributed by atoms with van der Waals surface area (Å²) in [6.45, 7) is 13.1. The molecule has 0 amide bonds. The summed E-state index contributed by atoms with van der Waals surface area (Å²) in [5, 5.41) is 3.55. The second-order valence-corrected chi connectivity index (χ2v) is 7.67. The molecule has 3 heteroatoms. The lowest BCUT2D eigenvalue weighted by Gasteiger charge is -2.26. The van der Waals surface area contributed by atoms with Crippen molar-refractivity contribution in [2.45, 2.75) is 47.5 Å². The molecule has 0 saturated carbocycles. The Morgan fingerprint density at radius 3 is 2.50 bits per heavy atom. The monoisotopic (exact) mass is 355 g/mol. The quantitative estimate of drug-likeness (QED) is 0.530. The Kier molecular flexibility index (Phi) is 7.38. The number of hydrogen-bond acceptors (Lipinski definition) is 3. The molecule has 0 spiro atoms. The number of benzene rings is 2. The van der Waals surface area contributed by atoms with Gasteiger partial charge in [0.05, 0.1) is 18.9 Å². The van der Waals surface area contributed by atoms with E-state index < -0.39 is 0 Å². The first-order chi connectivity index (χ1) is 12.4. The zero-order valence-electron chi connectivity index (χ0n) is 16.9. The molecular weight excluding hydrogens is 322 g/mol. The van der Waals surface area contributed by atoms with Gasteiger partial charge in [-0.15, -0.1) is 0 Å². The molecule has 1 N–H and O–H groups in total. The Bertz CT molecular complexity index is 694. The lowest BCUT2D eigenvalue weighted by molar-refractivity contribution is 0.263. The fraction of sp³-hybridized carbons (Fsp3) is 0.478. The Hall–Kier alpha value is -2.16. The number of aryl methyl sites for hydroxylation is 2. The molecule has 0 atom stereocenters. The van der Waals surface area contributed by atoms with Gasteiger partial charge in [0.2, 0.25) is 0 Å². The standard InChI is InChI=1S/C23H33NO2/c1-6-25-21-11-8-7-10-20(21)24-17-23(4,5)14-9-15-26-22-16-18(2)12-13-19(22)3/h7-8,10-13,16,24H,6,9,14-15,17H2,1-5H3. The van der Waals surface area contributed by atoms with Gasteiger partial charge in [0.15, 0.2) is 0 Å². The molecule has 0 bridgehead atoms. The van der Waals surface area contributed by atoms with Gasteiger partial charge in [0.1, 0.15) is 11.5 Å². The van der Waals surface area contributed by atoms with Crippen molar-refractivity contribution in [3.8, 4) is 11.5 Å². The van der Waals surface area contributed by atoms with Crippen LogP contribution in [0.25, 0.3) is 0 Å². The van der Waals surface area contributed by atoms with Crippen LogP contribution < -0.4 is 14.8 Å². The summed E-state index contributed by atoms with van der Waals surface area (Å²) >= 11 is 0. The molecule has 2 aromatic carbocycles. The third-order valence-corrected chi connectivity index (χ3v) is 4.54. The average Bonchev–Trinajstić information content (AvgIpc) is 2.61. The molecule has 2 aromatic rings. The maximum absolute atomic E-state index is 5.99. The number of hydrogen-bond donors (Lipinski definition) is 1. The van der Waals surface area contributed by atoms with Crippen LogP contribution in [-0.4, -0.2) is 19.8 Å². The molecule has 0 fully saturated rings. The van der Waals surface area contributed by atoms with E-state index in [4.69, 9.17) is 9.47 Å². The molecule has 0 aliphatic rings. The lowest BCUT2D eigenvalue weighted by atomic mass is 9.88. The maximum Gasteiger partial charge on any atom is 0.142 e. The van der Waals surface area contributed by atoms with Crippen molar-refractivity contribution < 1.29 is 9.47 Å². The maximum atomic E-state index is 5.99. The van der Waals surface area contributed by atoms with Crippen LogP contribution in [0.2, 0.25) is 0 Å². The van der Waals surface area contributed by atoms with Gasteiger partial charge in [-0.1, -0.05) is 38.1 Å². The molecule has 0 aromatic heterocycles. The van der Waals surface area contributed by atoms with E-state index in [-0.39, 0.29) is 5.41 Å². The lowest BCUT2D eigenvalue weighted by Crippen LogP contribution is -2.24. The van der Waals surface area contributed by atoms with Gasteiger partial charge in [0, 0.05) is 6.54 Å². The van der Waals surface area contributed by atoms with Gasteiger partial charge in [-0.3, -0.25) is 0 Å². The Labute approximate surface area is 158 Å². The Morgan fingerprint density at radius 1 is 0.962 bits per heavy atom. The zero-order valence-corrected chi connectivity index (χ0v) is 16.9. The number of anilines is 1. The predicted molar refractivity (Wildman–Crippen MR) is 111 cm³/mol. The smallest absolute Gasteiger partial charge is 0.142 e. The van der Waals surface area contributed by atoms with E-state index in [2.05, 4.69) is 57.3 Å². The summed E-state index contributed by atoms with van der Waals surface area (Å²) in [5.74, 6) is 1.93. The highest BCUT2D eigenvalue weighted by Gasteiger charge is 2.18. The van der Waals surface area contributed by atoms with Gasteiger partial charge >= 0.3 is 0 Å². The molecule has 0 radical (unpaired) electrons. The van der Waals surface area contributed by atoms with Crippen molar-refractivity contribution in [2.24, 2.45) is 5.41 Å². The van der Waals surface area contributed by atoms with E-state index in [9.17, 15) is 0 Å². The normalized spacial score (nSPS) is 11.3. The molecule has 142 valence electrons. The number of nitrogens with one attached hydrogen (secondary N) is 1. The average molecular weight is 356 g/mol. The molecule has 0 saturated heterocycles. The predicted octanol–water partition coefficient (Wildman–Crippen LogP) is 6.00. The van der Waals surface area contributed by atoms with E-state index in [1.165, 1.54) is 11.1 Å². The van der Waals surface area contributed by atoms with Crippen LogP contribution in [0, 0.1) is 19.3 Å². The van der Waals surface area contributed by atoms with Crippen molar-refractivity contribution in [1.29, 1.82) is 0 Å². The van der Waals surface area contributed by atoms with E-state index >= 15 is 0 Å². The summed E-state index contributed by atoms with van der Waals surface area (Å²) in [7, 11) is 0. The van der Waals surface area contributed by atoms with Gasteiger partial charge in [-0.25, -0.2) is 0 Å². The summed E-state index contributed by atoms with van der Waals surface area (Å²) in [6.07, 6.45) is 2.14. The van der Waals surface area contributed by atoms with Crippen molar-refractivity contribution in [2.75, 3.05) is 25.1 Å². The molecule has 3 nitrogen and oxygen atoms in total. The van der Waals surface area contributed by atoms with E-state index in [1.807, 2.05) is 25.1 Å². The van der Waals surface area contributed by atoms with Gasteiger partial charge in [-0.2, -0.15) is 0 Å². The zero-order chi connectivity index (χ0) is 19.0. The fourth-order valence-corrected chi connectivity index (χ4v) is 2.91. The molecule has 0 unspecified atom stereocenters. The number of ether oxygens (including phenoxy) is 2. The second-order valence-electron chi connectivity index (χ2n) is 7.67. The largest absolute Gasteiger partial charge is 0.493 e.